The van der Waals surface area contributed by atoms with Crippen molar-refractivity contribution in [2.75, 3.05) is 11.9 Å². The van der Waals surface area contributed by atoms with E-state index in [2.05, 4.69) is 26.6 Å². The van der Waals surface area contributed by atoms with Crippen molar-refractivity contribution >= 4 is 27.5 Å². The number of anilines is 1. The SMILES string of the molecule is O=C(CNCc1ccccc1)Nc1cccc(Br)c1. The van der Waals surface area contributed by atoms with Crippen LogP contribution >= 0.6 is 15.9 Å². The molecule has 0 radical (unpaired) electrons. The third-order valence-corrected chi connectivity index (χ3v) is 3.06. The second-order valence-corrected chi connectivity index (χ2v) is 5.06. The van der Waals surface area contributed by atoms with Gasteiger partial charge in [0.2, 0.25) is 5.91 Å². The fourth-order valence-electron chi connectivity index (χ4n) is 1.69. The van der Waals surface area contributed by atoms with Crippen LogP contribution in [0.2, 0.25) is 0 Å². The van der Waals surface area contributed by atoms with E-state index in [1.807, 2.05) is 54.6 Å². The first kappa shape index (κ1) is 13.8. The lowest BCUT2D eigenvalue weighted by Crippen LogP contribution is -2.27. The van der Waals surface area contributed by atoms with E-state index in [0.717, 1.165) is 15.7 Å². The van der Waals surface area contributed by atoms with E-state index >= 15 is 0 Å². The van der Waals surface area contributed by atoms with E-state index in [0.29, 0.717) is 13.1 Å². The molecule has 0 atom stereocenters. The van der Waals surface area contributed by atoms with Gasteiger partial charge in [-0.25, -0.2) is 0 Å². The Kier molecular flexibility index (Phi) is 5.12. The van der Waals surface area contributed by atoms with E-state index < -0.39 is 0 Å². The molecule has 0 aliphatic carbocycles. The number of benzene rings is 2. The number of amides is 1. The molecule has 2 rings (SSSR count). The lowest BCUT2D eigenvalue weighted by atomic mass is 10.2. The Morgan fingerprint density at radius 2 is 1.84 bits per heavy atom. The molecule has 0 unspecified atom stereocenters. The Hall–Kier alpha value is -1.65. The minimum atomic E-state index is -0.0472. The van der Waals surface area contributed by atoms with Gasteiger partial charge in [0, 0.05) is 16.7 Å². The topological polar surface area (TPSA) is 41.1 Å². The van der Waals surface area contributed by atoms with Gasteiger partial charge in [-0.3, -0.25) is 4.79 Å². The van der Waals surface area contributed by atoms with E-state index in [9.17, 15) is 4.79 Å². The van der Waals surface area contributed by atoms with Crippen LogP contribution in [0, 0.1) is 0 Å². The Morgan fingerprint density at radius 3 is 2.58 bits per heavy atom. The molecule has 2 aromatic carbocycles. The van der Waals surface area contributed by atoms with Gasteiger partial charge < -0.3 is 10.6 Å². The predicted molar refractivity (Wildman–Crippen MR) is 80.9 cm³/mol. The molecule has 0 heterocycles. The average molecular weight is 319 g/mol. The van der Waals surface area contributed by atoms with E-state index in [1.165, 1.54) is 0 Å². The van der Waals surface area contributed by atoms with Crippen molar-refractivity contribution < 1.29 is 4.79 Å². The second-order valence-electron chi connectivity index (χ2n) is 4.15. The minimum Gasteiger partial charge on any atom is -0.325 e. The highest BCUT2D eigenvalue weighted by Gasteiger charge is 2.02. The molecule has 0 spiro atoms. The summed E-state index contributed by atoms with van der Waals surface area (Å²) >= 11 is 3.37. The molecule has 0 saturated carbocycles. The highest BCUT2D eigenvalue weighted by atomic mass is 79.9. The number of hydrogen-bond donors (Lipinski definition) is 2. The normalized spacial score (nSPS) is 10.2. The standard InChI is InChI=1S/C15H15BrN2O/c16-13-7-4-8-14(9-13)18-15(19)11-17-10-12-5-2-1-3-6-12/h1-9,17H,10-11H2,(H,18,19). The first-order chi connectivity index (χ1) is 9.24. The van der Waals surface area contributed by atoms with Crippen LogP contribution in [0.5, 0.6) is 0 Å². The average Bonchev–Trinajstić information content (AvgIpc) is 2.40. The number of carbonyl (C=O) groups excluding carboxylic acids is 1. The zero-order valence-electron chi connectivity index (χ0n) is 10.4. The Balaban J connectivity index is 1.76. The fraction of sp³-hybridized carbons (Fsp3) is 0.133. The fourth-order valence-corrected chi connectivity index (χ4v) is 2.09. The van der Waals surface area contributed by atoms with Crippen LogP contribution in [0.3, 0.4) is 0 Å². The number of nitrogens with one attached hydrogen (secondary N) is 2. The number of rotatable bonds is 5. The summed E-state index contributed by atoms with van der Waals surface area (Å²) in [4.78, 5) is 11.7. The summed E-state index contributed by atoms with van der Waals surface area (Å²) in [6.07, 6.45) is 0. The molecule has 98 valence electrons. The van der Waals surface area contributed by atoms with Crippen LogP contribution in [-0.4, -0.2) is 12.5 Å². The van der Waals surface area contributed by atoms with Crippen molar-refractivity contribution in [3.63, 3.8) is 0 Å². The summed E-state index contributed by atoms with van der Waals surface area (Å²) in [5.41, 5.74) is 1.96. The zero-order valence-corrected chi connectivity index (χ0v) is 12.0. The summed E-state index contributed by atoms with van der Waals surface area (Å²) < 4.78 is 0.947. The minimum absolute atomic E-state index is 0.0472. The van der Waals surface area contributed by atoms with Gasteiger partial charge in [-0.15, -0.1) is 0 Å². The van der Waals surface area contributed by atoms with Crippen LogP contribution in [-0.2, 0) is 11.3 Å². The van der Waals surface area contributed by atoms with Gasteiger partial charge in [-0.2, -0.15) is 0 Å². The Bertz CT molecular complexity index is 543. The van der Waals surface area contributed by atoms with Crippen molar-refractivity contribution in [2.45, 2.75) is 6.54 Å². The predicted octanol–water partition coefficient (Wildman–Crippen LogP) is 3.18. The quantitative estimate of drug-likeness (QED) is 0.889. The Labute approximate surface area is 121 Å². The largest absolute Gasteiger partial charge is 0.325 e. The summed E-state index contributed by atoms with van der Waals surface area (Å²) in [5.74, 6) is -0.0472. The lowest BCUT2D eigenvalue weighted by molar-refractivity contribution is -0.115. The molecule has 0 saturated heterocycles. The van der Waals surface area contributed by atoms with Crippen LogP contribution in [0.4, 0.5) is 5.69 Å². The van der Waals surface area contributed by atoms with Crippen LogP contribution in [0.25, 0.3) is 0 Å². The lowest BCUT2D eigenvalue weighted by Gasteiger charge is -2.07. The summed E-state index contributed by atoms with van der Waals surface area (Å²) in [5, 5.41) is 5.95. The first-order valence-electron chi connectivity index (χ1n) is 6.04. The number of halogens is 1. The molecule has 0 aliphatic rings. The van der Waals surface area contributed by atoms with Crippen LogP contribution in [0.1, 0.15) is 5.56 Å². The van der Waals surface area contributed by atoms with Crippen LogP contribution in [0.15, 0.2) is 59.1 Å². The molecule has 1 amide bonds. The summed E-state index contributed by atoms with van der Waals surface area (Å²) in [6, 6.07) is 17.5. The Morgan fingerprint density at radius 1 is 1.05 bits per heavy atom. The monoisotopic (exact) mass is 318 g/mol. The molecule has 2 N–H and O–H groups in total. The molecule has 19 heavy (non-hydrogen) atoms. The molecule has 3 nitrogen and oxygen atoms in total. The molecule has 0 bridgehead atoms. The van der Waals surface area contributed by atoms with Crippen LogP contribution < -0.4 is 10.6 Å². The molecule has 4 heteroatoms. The van der Waals surface area contributed by atoms with Gasteiger partial charge in [0.15, 0.2) is 0 Å². The highest BCUT2D eigenvalue weighted by Crippen LogP contribution is 2.15. The third kappa shape index (κ3) is 4.85. The van der Waals surface area contributed by atoms with Crippen molar-refractivity contribution in [3.8, 4) is 0 Å². The molecular formula is C15H15BrN2O. The van der Waals surface area contributed by atoms with Crippen molar-refractivity contribution in [3.05, 3.63) is 64.6 Å². The van der Waals surface area contributed by atoms with E-state index in [-0.39, 0.29) is 5.91 Å². The molecule has 0 aliphatic heterocycles. The van der Waals surface area contributed by atoms with Gasteiger partial charge in [-0.1, -0.05) is 52.3 Å². The van der Waals surface area contributed by atoms with Crippen molar-refractivity contribution in [1.82, 2.24) is 5.32 Å². The maximum Gasteiger partial charge on any atom is 0.238 e. The smallest absolute Gasteiger partial charge is 0.238 e. The van der Waals surface area contributed by atoms with Gasteiger partial charge >= 0.3 is 0 Å². The number of hydrogen-bond acceptors (Lipinski definition) is 2. The van der Waals surface area contributed by atoms with E-state index in [4.69, 9.17) is 0 Å². The molecule has 0 aromatic heterocycles. The maximum atomic E-state index is 11.7. The maximum absolute atomic E-state index is 11.7. The zero-order chi connectivity index (χ0) is 13.5. The molecular weight excluding hydrogens is 304 g/mol. The van der Waals surface area contributed by atoms with Crippen molar-refractivity contribution in [1.29, 1.82) is 0 Å². The van der Waals surface area contributed by atoms with Crippen molar-refractivity contribution in [2.24, 2.45) is 0 Å². The van der Waals surface area contributed by atoms with Gasteiger partial charge in [0.25, 0.3) is 0 Å². The van der Waals surface area contributed by atoms with E-state index in [1.54, 1.807) is 0 Å². The second kappa shape index (κ2) is 7.07. The van der Waals surface area contributed by atoms with Gasteiger partial charge in [0.1, 0.15) is 0 Å². The first-order valence-corrected chi connectivity index (χ1v) is 6.83. The third-order valence-electron chi connectivity index (χ3n) is 2.57. The summed E-state index contributed by atoms with van der Waals surface area (Å²) in [6.45, 7) is 0.980. The number of carbonyl (C=O) groups is 1. The van der Waals surface area contributed by atoms with Gasteiger partial charge in [-0.05, 0) is 23.8 Å². The summed E-state index contributed by atoms with van der Waals surface area (Å²) in [7, 11) is 0. The molecule has 2 aromatic rings. The molecule has 0 fully saturated rings. The van der Waals surface area contributed by atoms with Gasteiger partial charge in [0.05, 0.1) is 6.54 Å². The highest BCUT2D eigenvalue weighted by molar-refractivity contribution is 9.10.